The Kier molecular flexibility index (Phi) is 4.88. The maximum atomic E-state index is 12.6. The van der Waals surface area contributed by atoms with Crippen LogP contribution in [0.4, 0.5) is 0 Å². The fraction of sp³-hybridized carbons (Fsp3) is 0.938. The third-order valence-electron chi connectivity index (χ3n) is 5.42. The first-order valence-corrected chi connectivity index (χ1v) is 8.09. The van der Waals surface area contributed by atoms with Gasteiger partial charge in [0, 0.05) is 13.1 Å². The second kappa shape index (κ2) is 6.25. The number of rotatable bonds is 4. The number of hydrogen-bond donors (Lipinski definition) is 2. The standard InChI is InChI=1S/C16H30N2O/c1-15(8-6-7-9-15)13-18-14(19)16(12-17)10-4-2-3-5-11-16/h2-13,17H2,1H3,(H,18,19). The topological polar surface area (TPSA) is 55.1 Å². The molecule has 0 bridgehead atoms. The summed E-state index contributed by atoms with van der Waals surface area (Å²) >= 11 is 0. The Morgan fingerprint density at radius 2 is 1.53 bits per heavy atom. The number of hydrogen-bond acceptors (Lipinski definition) is 2. The molecule has 0 atom stereocenters. The summed E-state index contributed by atoms with van der Waals surface area (Å²) in [6.07, 6.45) is 11.9. The summed E-state index contributed by atoms with van der Waals surface area (Å²) in [5, 5.41) is 3.24. The van der Waals surface area contributed by atoms with Crippen LogP contribution in [0.1, 0.15) is 71.1 Å². The van der Waals surface area contributed by atoms with E-state index in [4.69, 9.17) is 5.73 Å². The van der Waals surface area contributed by atoms with Gasteiger partial charge in [-0.3, -0.25) is 4.79 Å². The van der Waals surface area contributed by atoms with E-state index in [1.807, 2.05) is 0 Å². The third kappa shape index (κ3) is 3.50. The largest absolute Gasteiger partial charge is 0.355 e. The Labute approximate surface area is 117 Å². The smallest absolute Gasteiger partial charge is 0.227 e. The first kappa shape index (κ1) is 14.8. The minimum atomic E-state index is -0.272. The number of amides is 1. The Morgan fingerprint density at radius 3 is 2.05 bits per heavy atom. The van der Waals surface area contributed by atoms with Crippen molar-refractivity contribution in [2.75, 3.05) is 13.1 Å². The van der Waals surface area contributed by atoms with E-state index in [0.29, 0.717) is 12.0 Å². The lowest BCUT2D eigenvalue weighted by atomic mass is 9.79. The highest BCUT2D eigenvalue weighted by molar-refractivity contribution is 5.83. The van der Waals surface area contributed by atoms with Crippen LogP contribution < -0.4 is 11.1 Å². The van der Waals surface area contributed by atoms with Crippen molar-refractivity contribution in [1.82, 2.24) is 5.32 Å². The molecule has 0 heterocycles. The summed E-state index contributed by atoms with van der Waals surface area (Å²) in [5.41, 5.74) is 6.02. The molecule has 2 aliphatic rings. The predicted octanol–water partition coefficient (Wildman–Crippen LogP) is 2.98. The van der Waals surface area contributed by atoms with E-state index in [1.165, 1.54) is 38.5 Å². The van der Waals surface area contributed by atoms with Crippen LogP contribution in [-0.4, -0.2) is 19.0 Å². The molecule has 0 spiro atoms. The number of carbonyl (C=O) groups is 1. The van der Waals surface area contributed by atoms with E-state index < -0.39 is 0 Å². The van der Waals surface area contributed by atoms with Crippen molar-refractivity contribution >= 4 is 5.91 Å². The lowest BCUT2D eigenvalue weighted by Crippen LogP contribution is -2.48. The molecule has 2 rings (SSSR count). The van der Waals surface area contributed by atoms with Gasteiger partial charge in [-0.05, 0) is 31.1 Å². The highest BCUT2D eigenvalue weighted by Gasteiger charge is 2.38. The van der Waals surface area contributed by atoms with Crippen LogP contribution in [0.2, 0.25) is 0 Å². The molecule has 19 heavy (non-hydrogen) atoms. The monoisotopic (exact) mass is 266 g/mol. The van der Waals surface area contributed by atoms with Crippen LogP contribution in [0.3, 0.4) is 0 Å². The van der Waals surface area contributed by atoms with Gasteiger partial charge in [0.2, 0.25) is 5.91 Å². The molecule has 0 unspecified atom stereocenters. The second-order valence-electron chi connectivity index (χ2n) is 7.10. The van der Waals surface area contributed by atoms with E-state index in [9.17, 15) is 4.79 Å². The zero-order valence-corrected chi connectivity index (χ0v) is 12.5. The maximum Gasteiger partial charge on any atom is 0.227 e. The van der Waals surface area contributed by atoms with Crippen molar-refractivity contribution in [3.63, 3.8) is 0 Å². The molecule has 0 aromatic carbocycles. The normalized spacial score (nSPS) is 25.8. The van der Waals surface area contributed by atoms with Crippen LogP contribution in [0.5, 0.6) is 0 Å². The summed E-state index contributed by atoms with van der Waals surface area (Å²) < 4.78 is 0. The zero-order valence-electron chi connectivity index (χ0n) is 12.5. The molecule has 2 aliphatic carbocycles. The van der Waals surface area contributed by atoms with Gasteiger partial charge in [0.15, 0.2) is 0 Å². The first-order chi connectivity index (χ1) is 9.10. The quantitative estimate of drug-likeness (QED) is 0.769. The summed E-state index contributed by atoms with van der Waals surface area (Å²) in [5.74, 6) is 0.227. The predicted molar refractivity (Wildman–Crippen MR) is 78.8 cm³/mol. The highest BCUT2D eigenvalue weighted by atomic mass is 16.2. The average Bonchev–Trinajstić information content (AvgIpc) is 2.71. The lowest BCUT2D eigenvalue weighted by molar-refractivity contribution is -0.131. The van der Waals surface area contributed by atoms with E-state index in [2.05, 4.69) is 12.2 Å². The van der Waals surface area contributed by atoms with Crippen molar-refractivity contribution in [3.8, 4) is 0 Å². The minimum absolute atomic E-state index is 0.227. The van der Waals surface area contributed by atoms with E-state index in [1.54, 1.807) is 0 Å². The van der Waals surface area contributed by atoms with Crippen molar-refractivity contribution in [1.29, 1.82) is 0 Å². The van der Waals surface area contributed by atoms with E-state index >= 15 is 0 Å². The van der Waals surface area contributed by atoms with Crippen molar-refractivity contribution in [3.05, 3.63) is 0 Å². The second-order valence-corrected chi connectivity index (χ2v) is 7.10. The molecule has 3 nitrogen and oxygen atoms in total. The maximum absolute atomic E-state index is 12.6. The molecule has 1 amide bonds. The average molecular weight is 266 g/mol. The minimum Gasteiger partial charge on any atom is -0.355 e. The van der Waals surface area contributed by atoms with Gasteiger partial charge < -0.3 is 11.1 Å². The van der Waals surface area contributed by atoms with Gasteiger partial charge in [0.05, 0.1) is 5.41 Å². The first-order valence-electron chi connectivity index (χ1n) is 8.09. The molecule has 0 aromatic rings. The molecule has 3 heteroatoms. The molecule has 2 fully saturated rings. The molecule has 3 N–H and O–H groups in total. The summed E-state index contributed by atoms with van der Waals surface area (Å²) in [4.78, 5) is 12.6. The number of carbonyl (C=O) groups excluding carboxylic acids is 1. The van der Waals surface area contributed by atoms with Gasteiger partial charge in [0.1, 0.15) is 0 Å². The highest BCUT2D eigenvalue weighted by Crippen LogP contribution is 2.38. The molecular formula is C16H30N2O. The van der Waals surface area contributed by atoms with Gasteiger partial charge in [-0.2, -0.15) is 0 Å². The Bertz CT molecular complexity index is 300. The van der Waals surface area contributed by atoms with Gasteiger partial charge in [-0.1, -0.05) is 45.4 Å². The van der Waals surface area contributed by atoms with Crippen LogP contribution in [0, 0.1) is 10.8 Å². The van der Waals surface area contributed by atoms with Crippen LogP contribution in [0.15, 0.2) is 0 Å². The number of nitrogens with one attached hydrogen (secondary N) is 1. The molecule has 0 saturated heterocycles. The van der Waals surface area contributed by atoms with Crippen LogP contribution in [0.25, 0.3) is 0 Å². The fourth-order valence-corrected chi connectivity index (χ4v) is 3.82. The lowest BCUT2D eigenvalue weighted by Gasteiger charge is -2.32. The summed E-state index contributed by atoms with van der Waals surface area (Å²) in [7, 11) is 0. The Balaban J connectivity index is 1.92. The Hall–Kier alpha value is -0.570. The van der Waals surface area contributed by atoms with Gasteiger partial charge in [0.25, 0.3) is 0 Å². The molecule has 2 saturated carbocycles. The molecule has 0 aliphatic heterocycles. The van der Waals surface area contributed by atoms with Gasteiger partial charge >= 0.3 is 0 Å². The van der Waals surface area contributed by atoms with E-state index in [-0.39, 0.29) is 11.3 Å². The molecule has 0 radical (unpaired) electrons. The van der Waals surface area contributed by atoms with Crippen molar-refractivity contribution < 1.29 is 4.79 Å². The van der Waals surface area contributed by atoms with Crippen molar-refractivity contribution in [2.45, 2.75) is 71.1 Å². The number of nitrogens with two attached hydrogens (primary N) is 1. The van der Waals surface area contributed by atoms with Gasteiger partial charge in [-0.15, -0.1) is 0 Å². The van der Waals surface area contributed by atoms with Gasteiger partial charge in [-0.25, -0.2) is 0 Å². The third-order valence-corrected chi connectivity index (χ3v) is 5.42. The zero-order chi connectivity index (χ0) is 13.8. The summed E-state index contributed by atoms with van der Waals surface area (Å²) in [6, 6.07) is 0. The summed E-state index contributed by atoms with van der Waals surface area (Å²) in [6.45, 7) is 3.66. The Morgan fingerprint density at radius 1 is 1.00 bits per heavy atom. The SMILES string of the molecule is CC1(CNC(=O)C2(CN)CCCCCC2)CCCC1. The molecular weight excluding hydrogens is 236 g/mol. The van der Waals surface area contributed by atoms with Crippen LogP contribution in [-0.2, 0) is 4.79 Å². The fourth-order valence-electron chi connectivity index (χ4n) is 3.82. The molecule has 110 valence electrons. The van der Waals surface area contributed by atoms with E-state index in [0.717, 1.165) is 32.2 Å². The molecule has 0 aromatic heterocycles. The van der Waals surface area contributed by atoms with Crippen LogP contribution >= 0.6 is 0 Å². The van der Waals surface area contributed by atoms with Crippen molar-refractivity contribution in [2.24, 2.45) is 16.6 Å².